The second kappa shape index (κ2) is 6.98. The summed E-state index contributed by atoms with van der Waals surface area (Å²) < 4.78 is 5.29. The van der Waals surface area contributed by atoms with Crippen molar-refractivity contribution in [1.82, 2.24) is 10.5 Å². The van der Waals surface area contributed by atoms with Crippen LogP contribution in [0, 0.1) is 18.8 Å². The molecular weight excluding hydrogens is 324 g/mol. The summed E-state index contributed by atoms with van der Waals surface area (Å²) in [6, 6.07) is 7.55. The highest BCUT2D eigenvalue weighted by molar-refractivity contribution is 6.33. The largest absolute Gasteiger partial charge is 0.360 e. The average Bonchev–Trinajstić information content (AvgIpc) is 2.94. The number of nitrogens with zero attached hydrogens (tertiary/aromatic N) is 1. The lowest BCUT2D eigenvalue weighted by molar-refractivity contribution is 0.0890. The Labute approximate surface area is 147 Å². The lowest BCUT2D eigenvalue weighted by Crippen LogP contribution is -2.43. The number of halogens is 1. The van der Waals surface area contributed by atoms with E-state index < -0.39 is 0 Å². The molecule has 1 fully saturated rings. The molecule has 1 N–H and O–H groups in total. The van der Waals surface area contributed by atoms with E-state index in [2.05, 4.69) is 24.3 Å². The Hall–Kier alpha value is -1.81. The van der Waals surface area contributed by atoms with Gasteiger partial charge in [0, 0.05) is 11.6 Å². The first-order valence-electron chi connectivity index (χ1n) is 8.51. The zero-order chi connectivity index (χ0) is 17.3. The van der Waals surface area contributed by atoms with Crippen molar-refractivity contribution >= 4 is 17.5 Å². The van der Waals surface area contributed by atoms with Crippen LogP contribution in [0.25, 0.3) is 11.3 Å². The van der Waals surface area contributed by atoms with E-state index in [4.69, 9.17) is 16.1 Å². The van der Waals surface area contributed by atoms with Crippen LogP contribution in [0.5, 0.6) is 0 Å². The second-order valence-corrected chi connectivity index (χ2v) is 7.20. The molecule has 1 aromatic heterocycles. The van der Waals surface area contributed by atoms with Crippen LogP contribution >= 0.6 is 11.6 Å². The lowest BCUT2D eigenvalue weighted by Gasteiger charge is -2.34. The third kappa shape index (κ3) is 3.20. The number of carbonyl (C=O) groups is 1. The van der Waals surface area contributed by atoms with E-state index in [1.807, 2.05) is 18.2 Å². The van der Waals surface area contributed by atoms with Crippen LogP contribution in [0.2, 0.25) is 5.02 Å². The molecule has 0 radical (unpaired) electrons. The Balaban J connectivity index is 1.88. The van der Waals surface area contributed by atoms with Crippen LogP contribution in [0.3, 0.4) is 0 Å². The first-order valence-corrected chi connectivity index (χ1v) is 8.89. The quantitative estimate of drug-likeness (QED) is 0.863. The van der Waals surface area contributed by atoms with Crippen LogP contribution in [0.4, 0.5) is 0 Å². The van der Waals surface area contributed by atoms with Crippen LogP contribution in [-0.2, 0) is 0 Å². The van der Waals surface area contributed by atoms with Gasteiger partial charge in [-0.05, 0) is 31.2 Å². The molecule has 3 atom stereocenters. The van der Waals surface area contributed by atoms with Gasteiger partial charge in [0.2, 0.25) is 0 Å². The summed E-state index contributed by atoms with van der Waals surface area (Å²) in [7, 11) is 0. The molecule has 1 amide bonds. The molecule has 24 heavy (non-hydrogen) atoms. The molecule has 4 nitrogen and oxygen atoms in total. The van der Waals surface area contributed by atoms with Gasteiger partial charge in [0.15, 0.2) is 0 Å². The van der Waals surface area contributed by atoms with Crippen molar-refractivity contribution in [3.63, 3.8) is 0 Å². The molecule has 1 saturated carbocycles. The highest BCUT2D eigenvalue weighted by atomic mass is 35.5. The summed E-state index contributed by atoms with van der Waals surface area (Å²) >= 11 is 6.27. The van der Waals surface area contributed by atoms with Crippen molar-refractivity contribution in [2.75, 3.05) is 0 Å². The van der Waals surface area contributed by atoms with Crippen molar-refractivity contribution in [3.8, 4) is 11.3 Å². The first kappa shape index (κ1) is 17.0. The predicted octanol–water partition coefficient (Wildman–Crippen LogP) is 4.86. The zero-order valence-corrected chi connectivity index (χ0v) is 15.1. The molecule has 1 heterocycles. The minimum atomic E-state index is -0.130. The monoisotopic (exact) mass is 346 g/mol. The van der Waals surface area contributed by atoms with Crippen LogP contribution in [0.1, 0.15) is 49.2 Å². The molecule has 3 rings (SSSR count). The van der Waals surface area contributed by atoms with E-state index in [9.17, 15) is 4.79 Å². The van der Waals surface area contributed by atoms with Crippen molar-refractivity contribution < 1.29 is 9.32 Å². The van der Waals surface area contributed by atoms with E-state index in [0.717, 1.165) is 12.8 Å². The lowest BCUT2D eigenvalue weighted by atomic mass is 9.78. The molecule has 1 aliphatic carbocycles. The number of aromatic nitrogens is 1. The number of rotatable bonds is 3. The molecule has 1 aromatic carbocycles. The van der Waals surface area contributed by atoms with Crippen molar-refractivity contribution in [3.05, 3.63) is 40.6 Å². The molecule has 0 saturated heterocycles. The molecule has 128 valence electrons. The van der Waals surface area contributed by atoms with E-state index in [-0.39, 0.29) is 11.9 Å². The number of benzene rings is 1. The van der Waals surface area contributed by atoms with Gasteiger partial charge < -0.3 is 9.84 Å². The van der Waals surface area contributed by atoms with Crippen LogP contribution in [0.15, 0.2) is 28.8 Å². The van der Waals surface area contributed by atoms with Crippen LogP contribution in [-0.4, -0.2) is 17.1 Å². The van der Waals surface area contributed by atoms with Crippen molar-refractivity contribution in [2.45, 2.75) is 46.1 Å². The number of carbonyl (C=O) groups excluding carboxylic acids is 1. The fraction of sp³-hybridized carbons (Fsp3) is 0.474. The van der Waals surface area contributed by atoms with Gasteiger partial charge in [-0.2, -0.15) is 0 Å². The Bertz CT molecular complexity index is 741. The van der Waals surface area contributed by atoms with Gasteiger partial charge in [0.25, 0.3) is 5.91 Å². The van der Waals surface area contributed by atoms with Gasteiger partial charge in [0.1, 0.15) is 17.0 Å². The predicted molar refractivity (Wildman–Crippen MR) is 95.1 cm³/mol. The van der Waals surface area contributed by atoms with Gasteiger partial charge in [-0.1, -0.05) is 61.6 Å². The molecule has 0 bridgehead atoms. The SMILES string of the molecule is Cc1onc(-c2ccccc2Cl)c1C(=O)NC1CCCC(C)C1C. The molecule has 0 aliphatic heterocycles. The normalized spacial score (nSPS) is 23.9. The number of nitrogens with one attached hydrogen (secondary N) is 1. The van der Waals surface area contributed by atoms with Gasteiger partial charge in [-0.15, -0.1) is 0 Å². The maximum Gasteiger partial charge on any atom is 0.257 e. The Morgan fingerprint density at radius 3 is 2.79 bits per heavy atom. The highest BCUT2D eigenvalue weighted by Crippen LogP contribution is 2.33. The number of amides is 1. The summed E-state index contributed by atoms with van der Waals surface area (Å²) in [6.07, 6.45) is 3.39. The Kier molecular flexibility index (Phi) is 4.95. The topological polar surface area (TPSA) is 55.1 Å². The third-order valence-electron chi connectivity index (χ3n) is 5.24. The smallest absolute Gasteiger partial charge is 0.257 e. The van der Waals surface area contributed by atoms with Crippen molar-refractivity contribution in [1.29, 1.82) is 0 Å². The standard InChI is InChI=1S/C19H23ClN2O2/c1-11-7-6-10-16(12(11)2)21-19(23)17-13(3)24-22-18(17)14-8-4-5-9-15(14)20/h4-5,8-9,11-12,16H,6-7,10H2,1-3H3,(H,21,23). The van der Waals surface area contributed by atoms with E-state index >= 15 is 0 Å². The fourth-order valence-corrected chi connectivity index (χ4v) is 3.73. The highest BCUT2D eigenvalue weighted by Gasteiger charge is 2.30. The van der Waals surface area contributed by atoms with E-state index in [1.54, 1.807) is 13.0 Å². The minimum absolute atomic E-state index is 0.130. The maximum absolute atomic E-state index is 12.9. The van der Waals surface area contributed by atoms with E-state index in [0.29, 0.717) is 39.4 Å². The minimum Gasteiger partial charge on any atom is -0.360 e. The third-order valence-corrected chi connectivity index (χ3v) is 5.57. The summed E-state index contributed by atoms with van der Waals surface area (Å²) in [5.74, 6) is 1.47. The Morgan fingerprint density at radius 1 is 1.29 bits per heavy atom. The van der Waals surface area contributed by atoms with Gasteiger partial charge in [-0.3, -0.25) is 4.79 Å². The first-order chi connectivity index (χ1) is 11.5. The van der Waals surface area contributed by atoms with Crippen molar-refractivity contribution in [2.24, 2.45) is 11.8 Å². The molecule has 3 unspecified atom stereocenters. The van der Waals surface area contributed by atoms with Crippen LogP contribution < -0.4 is 5.32 Å². The number of hydrogen-bond donors (Lipinski definition) is 1. The zero-order valence-electron chi connectivity index (χ0n) is 14.3. The summed E-state index contributed by atoms with van der Waals surface area (Å²) in [6.45, 7) is 6.22. The molecule has 2 aromatic rings. The van der Waals surface area contributed by atoms with Gasteiger partial charge in [-0.25, -0.2) is 0 Å². The average molecular weight is 347 g/mol. The number of hydrogen-bond acceptors (Lipinski definition) is 3. The van der Waals surface area contributed by atoms with Gasteiger partial charge >= 0.3 is 0 Å². The second-order valence-electron chi connectivity index (χ2n) is 6.79. The summed E-state index contributed by atoms with van der Waals surface area (Å²) in [5.41, 5.74) is 1.70. The molecule has 5 heteroatoms. The summed E-state index contributed by atoms with van der Waals surface area (Å²) in [5, 5.41) is 7.82. The van der Waals surface area contributed by atoms with E-state index in [1.165, 1.54) is 6.42 Å². The number of aryl methyl sites for hydroxylation is 1. The maximum atomic E-state index is 12.9. The summed E-state index contributed by atoms with van der Waals surface area (Å²) in [4.78, 5) is 12.9. The fourth-order valence-electron chi connectivity index (χ4n) is 3.50. The van der Waals surface area contributed by atoms with Gasteiger partial charge in [0.05, 0.1) is 5.02 Å². The molecule has 1 aliphatic rings. The molecule has 0 spiro atoms. The Morgan fingerprint density at radius 2 is 2.04 bits per heavy atom. The molecular formula is C19H23ClN2O2.